The van der Waals surface area contributed by atoms with E-state index in [0.717, 1.165) is 19.8 Å². The van der Waals surface area contributed by atoms with E-state index < -0.39 is 0 Å². The summed E-state index contributed by atoms with van der Waals surface area (Å²) in [4.78, 5) is 0. The first-order valence-corrected chi connectivity index (χ1v) is 8.19. The quantitative estimate of drug-likeness (QED) is 0.770. The molecule has 2 fully saturated rings. The molecule has 3 unspecified atom stereocenters. The molecule has 19 heavy (non-hydrogen) atoms. The fourth-order valence-corrected chi connectivity index (χ4v) is 4.00. The zero-order chi connectivity index (χ0) is 13.7. The van der Waals surface area contributed by atoms with Crippen molar-refractivity contribution in [2.24, 2.45) is 5.41 Å². The van der Waals surface area contributed by atoms with E-state index >= 15 is 0 Å². The molecule has 0 aromatic heterocycles. The van der Waals surface area contributed by atoms with Gasteiger partial charge in [-0.05, 0) is 40.0 Å². The Morgan fingerprint density at radius 3 is 2.53 bits per heavy atom. The first-order valence-electron chi connectivity index (χ1n) is 8.19. The van der Waals surface area contributed by atoms with Gasteiger partial charge >= 0.3 is 0 Å². The molecule has 1 N–H and O–H groups in total. The fourth-order valence-electron chi connectivity index (χ4n) is 4.00. The van der Waals surface area contributed by atoms with E-state index in [4.69, 9.17) is 9.47 Å². The van der Waals surface area contributed by atoms with Crippen molar-refractivity contribution in [2.75, 3.05) is 19.8 Å². The molecule has 0 aromatic rings. The maximum absolute atomic E-state index is 5.98. The number of rotatable bonds is 7. The van der Waals surface area contributed by atoms with Crippen molar-refractivity contribution in [1.82, 2.24) is 5.32 Å². The minimum atomic E-state index is 0.316. The molecule has 3 atom stereocenters. The van der Waals surface area contributed by atoms with Gasteiger partial charge in [-0.15, -0.1) is 0 Å². The summed E-state index contributed by atoms with van der Waals surface area (Å²) >= 11 is 0. The predicted octanol–water partition coefficient (Wildman–Crippen LogP) is 3.13. The lowest BCUT2D eigenvalue weighted by atomic mass is 9.55. The average Bonchev–Trinajstić information content (AvgIpc) is 2.43. The van der Waals surface area contributed by atoms with Crippen molar-refractivity contribution >= 4 is 0 Å². The van der Waals surface area contributed by atoms with Crippen LogP contribution in [0, 0.1) is 5.41 Å². The monoisotopic (exact) mass is 269 g/mol. The van der Waals surface area contributed by atoms with E-state index in [1.807, 2.05) is 0 Å². The lowest BCUT2D eigenvalue weighted by Gasteiger charge is -2.58. The molecule has 0 amide bonds. The highest BCUT2D eigenvalue weighted by Gasteiger charge is 2.55. The third kappa shape index (κ3) is 3.32. The Labute approximate surface area is 118 Å². The van der Waals surface area contributed by atoms with Crippen LogP contribution < -0.4 is 5.32 Å². The number of hydrogen-bond donors (Lipinski definition) is 1. The van der Waals surface area contributed by atoms with Crippen molar-refractivity contribution in [2.45, 2.75) is 77.5 Å². The summed E-state index contributed by atoms with van der Waals surface area (Å²) < 4.78 is 11.6. The van der Waals surface area contributed by atoms with Crippen LogP contribution in [-0.4, -0.2) is 38.0 Å². The average molecular weight is 269 g/mol. The Balaban J connectivity index is 1.86. The highest BCUT2D eigenvalue weighted by Crippen LogP contribution is 2.53. The molecule has 0 radical (unpaired) electrons. The van der Waals surface area contributed by atoms with Gasteiger partial charge in [0, 0.05) is 31.2 Å². The third-order valence-electron chi connectivity index (χ3n) is 5.04. The Morgan fingerprint density at radius 1 is 1.16 bits per heavy atom. The minimum absolute atomic E-state index is 0.316. The zero-order valence-electron chi connectivity index (χ0n) is 12.9. The molecular weight excluding hydrogens is 238 g/mol. The topological polar surface area (TPSA) is 30.5 Å². The molecule has 2 aliphatic rings. The van der Waals surface area contributed by atoms with E-state index in [1.165, 1.54) is 38.5 Å². The highest BCUT2D eigenvalue weighted by atomic mass is 16.5. The van der Waals surface area contributed by atoms with Gasteiger partial charge in [0.05, 0.1) is 12.2 Å². The molecule has 0 aromatic carbocycles. The standard InChI is InChI=1S/C16H31NO2/c1-4-18-13(3)12-17-14-11-15(19-5-2)16(14)9-7-6-8-10-16/h13-15,17H,4-12H2,1-3H3. The van der Waals surface area contributed by atoms with Gasteiger partial charge in [0.15, 0.2) is 0 Å². The Morgan fingerprint density at radius 2 is 1.89 bits per heavy atom. The molecule has 2 rings (SSSR count). The molecule has 2 saturated carbocycles. The second kappa shape index (κ2) is 7.05. The third-order valence-corrected chi connectivity index (χ3v) is 5.04. The summed E-state index contributed by atoms with van der Waals surface area (Å²) in [6, 6.07) is 0.646. The fraction of sp³-hybridized carbons (Fsp3) is 1.00. The summed E-state index contributed by atoms with van der Waals surface area (Å²) in [5.74, 6) is 0. The Kier molecular flexibility index (Phi) is 5.67. The van der Waals surface area contributed by atoms with Crippen LogP contribution in [0.3, 0.4) is 0 Å². The lowest BCUT2D eigenvalue weighted by Crippen LogP contribution is -2.65. The molecule has 1 spiro atoms. The number of hydrogen-bond acceptors (Lipinski definition) is 3. The maximum Gasteiger partial charge on any atom is 0.0671 e. The minimum Gasteiger partial charge on any atom is -0.378 e. The van der Waals surface area contributed by atoms with E-state index in [9.17, 15) is 0 Å². The van der Waals surface area contributed by atoms with Gasteiger partial charge < -0.3 is 14.8 Å². The molecule has 3 heteroatoms. The Bertz CT molecular complexity index is 263. The van der Waals surface area contributed by atoms with Crippen molar-refractivity contribution in [3.05, 3.63) is 0 Å². The number of nitrogens with one attached hydrogen (secondary N) is 1. The van der Waals surface area contributed by atoms with Gasteiger partial charge in [-0.2, -0.15) is 0 Å². The van der Waals surface area contributed by atoms with Crippen LogP contribution >= 0.6 is 0 Å². The largest absolute Gasteiger partial charge is 0.378 e. The molecule has 3 nitrogen and oxygen atoms in total. The normalized spacial score (nSPS) is 31.1. The van der Waals surface area contributed by atoms with Crippen LogP contribution in [-0.2, 0) is 9.47 Å². The Hall–Kier alpha value is -0.120. The van der Waals surface area contributed by atoms with Crippen LogP contribution in [0.4, 0.5) is 0 Å². The van der Waals surface area contributed by atoms with E-state index in [-0.39, 0.29) is 0 Å². The second-order valence-corrected chi connectivity index (χ2v) is 6.20. The second-order valence-electron chi connectivity index (χ2n) is 6.20. The van der Waals surface area contributed by atoms with Crippen molar-refractivity contribution in [3.8, 4) is 0 Å². The van der Waals surface area contributed by atoms with Crippen LogP contribution in [0.5, 0.6) is 0 Å². The predicted molar refractivity (Wildman–Crippen MR) is 78.4 cm³/mol. The van der Waals surface area contributed by atoms with Gasteiger partial charge in [-0.3, -0.25) is 0 Å². The van der Waals surface area contributed by atoms with Gasteiger partial charge in [0.25, 0.3) is 0 Å². The first-order chi connectivity index (χ1) is 9.23. The highest BCUT2D eigenvalue weighted by molar-refractivity contribution is 5.09. The summed E-state index contributed by atoms with van der Waals surface area (Å²) in [7, 11) is 0. The molecule has 2 aliphatic carbocycles. The number of ether oxygens (including phenoxy) is 2. The maximum atomic E-state index is 5.98. The SMILES string of the molecule is CCOC(C)CNC1CC(OCC)C12CCCCC2. The van der Waals surface area contributed by atoms with Gasteiger partial charge in [-0.1, -0.05) is 19.3 Å². The van der Waals surface area contributed by atoms with Crippen molar-refractivity contribution in [3.63, 3.8) is 0 Å². The van der Waals surface area contributed by atoms with Gasteiger partial charge in [0.2, 0.25) is 0 Å². The van der Waals surface area contributed by atoms with Crippen LogP contribution in [0.15, 0.2) is 0 Å². The van der Waals surface area contributed by atoms with Gasteiger partial charge in [-0.25, -0.2) is 0 Å². The van der Waals surface area contributed by atoms with Crippen molar-refractivity contribution in [1.29, 1.82) is 0 Å². The molecule has 112 valence electrons. The molecule has 0 aliphatic heterocycles. The van der Waals surface area contributed by atoms with Crippen molar-refractivity contribution < 1.29 is 9.47 Å². The molecular formula is C16H31NO2. The van der Waals surface area contributed by atoms with E-state index in [1.54, 1.807) is 0 Å². The summed E-state index contributed by atoms with van der Waals surface area (Å²) in [6.45, 7) is 8.97. The lowest BCUT2D eigenvalue weighted by molar-refractivity contribution is -0.151. The smallest absolute Gasteiger partial charge is 0.0671 e. The van der Waals surface area contributed by atoms with Gasteiger partial charge in [0.1, 0.15) is 0 Å². The first kappa shape index (κ1) is 15.3. The molecule has 0 heterocycles. The summed E-state index contributed by atoms with van der Waals surface area (Å²) in [6.07, 6.45) is 8.85. The van der Waals surface area contributed by atoms with Crippen LogP contribution in [0.1, 0.15) is 59.3 Å². The molecule has 0 saturated heterocycles. The van der Waals surface area contributed by atoms with E-state index in [2.05, 4.69) is 26.1 Å². The summed E-state index contributed by atoms with van der Waals surface area (Å²) in [5.41, 5.74) is 0.431. The summed E-state index contributed by atoms with van der Waals surface area (Å²) in [5, 5.41) is 3.75. The molecule has 0 bridgehead atoms. The van der Waals surface area contributed by atoms with Crippen LogP contribution in [0.25, 0.3) is 0 Å². The van der Waals surface area contributed by atoms with Crippen LogP contribution in [0.2, 0.25) is 0 Å². The van der Waals surface area contributed by atoms with E-state index in [0.29, 0.717) is 23.7 Å². The zero-order valence-corrected chi connectivity index (χ0v) is 12.9.